The van der Waals surface area contributed by atoms with Crippen molar-refractivity contribution in [2.24, 2.45) is 11.7 Å². The van der Waals surface area contributed by atoms with E-state index in [2.05, 4.69) is 19.2 Å². The third-order valence-electron chi connectivity index (χ3n) is 2.06. The summed E-state index contributed by atoms with van der Waals surface area (Å²) in [5.74, 6) is 0.445. The second-order valence-corrected chi connectivity index (χ2v) is 4.05. The predicted octanol–water partition coefficient (Wildman–Crippen LogP) is 1.27. The first kappa shape index (κ1) is 12.4. The van der Waals surface area contributed by atoms with Gasteiger partial charge in [0.25, 0.3) is 0 Å². The number of amides is 1. The Kier molecular flexibility index (Phi) is 5.71. The van der Waals surface area contributed by atoms with Gasteiger partial charge in [-0.3, -0.25) is 4.79 Å². The molecule has 0 heterocycles. The summed E-state index contributed by atoms with van der Waals surface area (Å²) in [4.78, 5) is 11.4. The lowest BCUT2D eigenvalue weighted by Gasteiger charge is -2.17. The molecule has 0 radical (unpaired) electrons. The minimum Gasteiger partial charge on any atom is -0.352 e. The Labute approximate surface area is 81.1 Å². The van der Waals surface area contributed by atoms with Crippen LogP contribution in [0.1, 0.15) is 40.5 Å². The Bertz CT molecular complexity index is 157. The highest BCUT2D eigenvalue weighted by Gasteiger charge is 2.15. The maximum atomic E-state index is 11.4. The van der Waals surface area contributed by atoms with Crippen LogP contribution in [0.15, 0.2) is 0 Å². The average molecular weight is 186 g/mol. The van der Waals surface area contributed by atoms with Gasteiger partial charge in [-0.2, -0.15) is 0 Å². The van der Waals surface area contributed by atoms with Gasteiger partial charge >= 0.3 is 0 Å². The third-order valence-corrected chi connectivity index (χ3v) is 2.06. The minimum absolute atomic E-state index is 0.0250. The number of nitrogens with one attached hydrogen (secondary N) is 1. The van der Waals surface area contributed by atoms with Crippen LogP contribution in [0.3, 0.4) is 0 Å². The zero-order valence-electron chi connectivity index (χ0n) is 9.13. The van der Waals surface area contributed by atoms with E-state index in [0.717, 1.165) is 12.8 Å². The van der Waals surface area contributed by atoms with Crippen LogP contribution in [0.25, 0.3) is 0 Å². The van der Waals surface area contributed by atoms with Crippen molar-refractivity contribution in [1.82, 2.24) is 5.32 Å². The fraction of sp³-hybridized carbons (Fsp3) is 0.900. The lowest BCUT2D eigenvalue weighted by molar-refractivity contribution is -0.123. The van der Waals surface area contributed by atoms with Crippen LogP contribution in [0.5, 0.6) is 0 Å². The SMILES string of the molecule is CCC(C)NC(=O)[C@@H](N)CC(C)C. The van der Waals surface area contributed by atoms with Crippen molar-refractivity contribution < 1.29 is 4.79 Å². The molecule has 0 bridgehead atoms. The summed E-state index contributed by atoms with van der Waals surface area (Å²) in [5.41, 5.74) is 5.71. The Balaban J connectivity index is 3.82. The number of carbonyl (C=O) groups is 1. The molecule has 0 aromatic carbocycles. The van der Waals surface area contributed by atoms with Crippen molar-refractivity contribution in [2.75, 3.05) is 0 Å². The van der Waals surface area contributed by atoms with Gasteiger partial charge < -0.3 is 11.1 Å². The molecule has 0 saturated carbocycles. The van der Waals surface area contributed by atoms with Crippen molar-refractivity contribution in [3.63, 3.8) is 0 Å². The number of nitrogens with two attached hydrogens (primary N) is 1. The topological polar surface area (TPSA) is 55.1 Å². The molecule has 78 valence electrons. The molecule has 0 fully saturated rings. The van der Waals surface area contributed by atoms with Gasteiger partial charge in [-0.15, -0.1) is 0 Å². The summed E-state index contributed by atoms with van der Waals surface area (Å²) < 4.78 is 0. The summed E-state index contributed by atoms with van der Waals surface area (Å²) in [6.07, 6.45) is 1.70. The van der Waals surface area contributed by atoms with Crippen LogP contribution in [-0.4, -0.2) is 18.0 Å². The fourth-order valence-corrected chi connectivity index (χ4v) is 1.07. The molecule has 3 N–H and O–H groups in total. The number of hydrogen-bond donors (Lipinski definition) is 2. The fourth-order valence-electron chi connectivity index (χ4n) is 1.07. The molecule has 3 nitrogen and oxygen atoms in total. The number of carbonyl (C=O) groups excluding carboxylic acids is 1. The maximum absolute atomic E-state index is 11.4. The smallest absolute Gasteiger partial charge is 0.237 e. The lowest BCUT2D eigenvalue weighted by atomic mass is 10.0. The summed E-state index contributed by atoms with van der Waals surface area (Å²) in [5, 5.41) is 2.87. The summed E-state index contributed by atoms with van der Waals surface area (Å²) in [7, 11) is 0. The molecule has 0 aromatic rings. The molecular formula is C10H22N2O. The van der Waals surface area contributed by atoms with Gasteiger partial charge in [0, 0.05) is 6.04 Å². The highest BCUT2D eigenvalue weighted by Crippen LogP contribution is 2.03. The molecular weight excluding hydrogens is 164 g/mol. The van der Waals surface area contributed by atoms with E-state index in [0.29, 0.717) is 5.92 Å². The largest absolute Gasteiger partial charge is 0.352 e. The van der Waals surface area contributed by atoms with Crippen molar-refractivity contribution >= 4 is 5.91 Å². The van der Waals surface area contributed by atoms with E-state index in [1.807, 2.05) is 13.8 Å². The van der Waals surface area contributed by atoms with Gasteiger partial charge in [0.15, 0.2) is 0 Å². The van der Waals surface area contributed by atoms with Crippen molar-refractivity contribution in [2.45, 2.75) is 52.6 Å². The predicted molar refractivity (Wildman–Crippen MR) is 55.3 cm³/mol. The Morgan fingerprint density at radius 2 is 1.92 bits per heavy atom. The summed E-state index contributed by atoms with van der Waals surface area (Å²) in [6, 6.07) is -0.125. The molecule has 0 aromatic heterocycles. The molecule has 1 amide bonds. The molecule has 0 aliphatic carbocycles. The van der Waals surface area contributed by atoms with Gasteiger partial charge in [0.05, 0.1) is 6.04 Å². The van der Waals surface area contributed by atoms with Crippen LogP contribution < -0.4 is 11.1 Å². The maximum Gasteiger partial charge on any atom is 0.237 e. The van der Waals surface area contributed by atoms with Crippen LogP contribution in [0.2, 0.25) is 0 Å². The van der Waals surface area contributed by atoms with E-state index in [4.69, 9.17) is 5.73 Å². The van der Waals surface area contributed by atoms with Gasteiger partial charge in [-0.25, -0.2) is 0 Å². The molecule has 0 rings (SSSR count). The Morgan fingerprint density at radius 3 is 2.31 bits per heavy atom. The second-order valence-electron chi connectivity index (χ2n) is 4.05. The van der Waals surface area contributed by atoms with E-state index in [1.165, 1.54) is 0 Å². The first-order valence-electron chi connectivity index (χ1n) is 5.03. The monoisotopic (exact) mass is 186 g/mol. The molecule has 2 atom stereocenters. The Morgan fingerprint density at radius 1 is 1.38 bits per heavy atom. The van der Waals surface area contributed by atoms with E-state index >= 15 is 0 Å². The van der Waals surface area contributed by atoms with Gasteiger partial charge in [0.1, 0.15) is 0 Å². The quantitative estimate of drug-likeness (QED) is 0.679. The van der Waals surface area contributed by atoms with Gasteiger partial charge in [-0.05, 0) is 25.7 Å². The normalized spacial score (nSPS) is 15.5. The zero-order valence-corrected chi connectivity index (χ0v) is 9.13. The van der Waals surface area contributed by atoms with E-state index in [1.54, 1.807) is 0 Å². The van der Waals surface area contributed by atoms with E-state index < -0.39 is 0 Å². The molecule has 13 heavy (non-hydrogen) atoms. The van der Waals surface area contributed by atoms with Crippen LogP contribution in [0, 0.1) is 5.92 Å². The van der Waals surface area contributed by atoms with Gasteiger partial charge in [-0.1, -0.05) is 20.8 Å². The molecule has 1 unspecified atom stereocenters. The molecule has 0 spiro atoms. The molecule has 3 heteroatoms. The minimum atomic E-state index is -0.353. The van der Waals surface area contributed by atoms with Crippen LogP contribution in [0.4, 0.5) is 0 Å². The highest BCUT2D eigenvalue weighted by atomic mass is 16.2. The zero-order chi connectivity index (χ0) is 10.4. The van der Waals surface area contributed by atoms with Crippen LogP contribution >= 0.6 is 0 Å². The van der Waals surface area contributed by atoms with Crippen molar-refractivity contribution in [1.29, 1.82) is 0 Å². The summed E-state index contributed by atoms with van der Waals surface area (Å²) in [6.45, 7) is 8.16. The standard InChI is InChI=1S/C10H22N2O/c1-5-8(4)12-10(13)9(11)6-7(2)3/h7-9H,5-6,11H2,1-4H3,(H,12,13)/t8?,9-/m0/s1. The third kappa shape index (κ3) is 5.64. The first-order valence-corrected chi connectivity index (χ1v) is 5.03. The van der Waals surface area contributed by atoms with Crippen LogP contribution in [-0.2, 0) is 4.79 Å². The Hall–Kier alpha value is -0.570. The molecule has 0 saturated heterocycles. The summed E-state index contributed by atoms with van der Waals surface area (Å²) >= 11 is 0. The molecule has 0 aliphatic rings. The first-order chi connectivity index (χ1) is 5.97. The number of rotatable bonds is 5. The van der Waals surface area contributed by atoms with Crippen molar-refractivity contribution in [3.05, 3.63) is 0 Å². The van der Waals surface area contributed by atoms with E-state index in [-0.39, 0.29) is 18.0 Å². The second kappa shape index (κ2) is 5.97. The average Bonchev–Trinajstić information content (AvgIpc) is 2.02. The van der Waals surface area contributed by atoms with Gasteiger partial charge in [0.2, 0.25) is 5.91 Å². The van der Waals surface area contributed by atoms with E-state index in [9.17, 15) is 4.79 Å². The van der Waals surface area contributed by atoms with Crippen molar-refractivity contribution in [3.8, 4) is 0 Å². The number of hydrogen-bond acceptors (Lipinski definition) is 2. The highest BCUT2D eigenvalue weighted by molar-refractivity contribution is 5.81. The lowest BCUT2D eigenvalue weighted by Crippen LogP contribution is -2.44. The molecule has 0 aliphatic heterocycles.